The van der Waals surface area contributed by atoms with E-state index in [-0.39, 0.29) is 0 Å². The van der Waals surface area contributed by atoms with E-state index in [0.717, 1.165) is 43.0 Å². The molecule has 1 atom stereocenters. The van der Waals surface area contributed by atoms with E-state index in [1.54, 1.807) is 0 Å². The van der Waals surface area contributed by atoms with Gasteiger partial charge in [0, 0.05) is 31.1 Å². The minimum Gasteiger partial charge on any atom is -0.370 e. The Hall–Kier alpha value is -1.32. The van der Waals surface area contributed by atoms with Crippen LogP contribution in [0.1, 0.15) is 51.4 Å². The molecule has 4 nitrogen and oxygen atoms in total. The Labute approximate surface area is 116 Å². The molecule has 0 spiro atoms. The summed E-state index contributed by atoms with van der Waals surface area (Å²) in [5, 5.41) is 3.37. The largest absolute Gasteiger partial charge is 0.370 e. The van der Waals surface area contributed by atoms with Crippen LogP contribution in [0.3, 0.4) is 0 Å². The Balaban J connectivity index is 2.40. The fourth-order valence-electron chi connectivity index (χ4n) is 2.55. The van der Waals surface area contributed by atoms with E-state index in [1.807, 2.05) is 0 Å². The second-order valence-electron chi connectivity index (χ2n) is 5.90. The van der Waals surface area contributed by atoms with Crippen molar-refractivity contribution in [3.63, 3.8) is 0 Å². The minimum absolute atomic E-state index is 0.358. The molecule has 1 aliphatic heterocycles. The molecule has 1 aromatic rings. The zero-order valence-electron chi connectivity index (χ0n) is 12.8. The van der Waals surface area contributed by atoms with Crippen molar-refractivity contribution in [1.82, 2.24) is 9.97 Å². The van der Waals surface area contributed by atoms with Gasteiger partial charge < -0.3 is 10.2 Å². The maximum atomic E-state index is 4.81. The number of anilines is 2. The van der Waals surface area contributed by atoms with Gasteiger partial charge in [0.1, 0.15) is 17.5 Å². The number of nitrogens with zero attached hydrogens (tertiary/aromatic N) is 3. The second kappa shape index (κ2) is 5.76. The molecular formula is C15H26N4. The number of rotatable bonds is 4. The van der Waals surface area contributed by atoms with Gasteiger partial charge >= 0.3 is 0 Å². The number of aromatic nitrogens is 2. The molecule has 1 N–H and O–H groups in total. The lowest BCUT2D eigenvalue weighted by Crippen LogP contribution is -2.23. The Morgan fingerprint density at radius 3 is 2.63 bits per heavy atom. The molecule has 1 unspecified atom stereocenters. The molecule has 1 aromatic heterocycles. The molecule has 0 amide bonds. The van der Waals surface area contributed by atoms with E-state index in [1.165, 1.54) is 12.0 Å². The Kier molecular flexibility index (Phi) is 4.27. The maximum absolute atomic E-state index is 4.81. The molecule has 106 valence electrons. The monoisotopic (exact) mass is 262 g/mol. The van der Waals surface area contributed by atoms with Crippen LogP contribution in [0.25, 0.3) is 0 Å². The van der Waals surface area contributed by atoms with Crippen LogP contribution < -0.4 is 10.2 Å². The predicted molar refractivity (Wildman–Crippen MR) is 81.0 cm³/mol. The third-order valence-electron chi connectivity index (χ3n) is 3.72. The number of hydrogen-bond acceptors (Lipinski definition) is 4. The highest BCUT2D eigenvalue weighted by molar-refractivity contribution is 5.59. The fourth-order valence-corrected chi connectivity index (χ4v) is 2.55. The molecular weight excluding hydrogens is 236 g/mol. The van der Waals surface area contributed by atoms with E-state index < -0.39 is 0 Å². The minimum atomic E-state index is 0.358. The van der Waals surface area contributed by atoms with Gasteiger partial charge in [-0.3, -0.25) is 0 Å². The van der Waals surface area contributed by atoms with Crippen molar-refractivity contribution < 1.29 is 0 Å². The van der Waals surface area contributed by atoms with Crippen molar-refractivity contribution in [1.29, 1.82) is 0 Å². The van der Waals surface area contributed by atoms with Crippen LogP contribution in [-0.2, 0) is 0 Å². The first-order valence-corrected chi connectivity index (χ1v) is 7.40. The summed E-state index contributed by atoms with van der Waals surface area (Å²) >= 11 is 0. The molecule has 0 aliphatic carbocycles. The normalized spacial score (nSPS) is 19.3. The molecule has 0 bridgehead atoms. The molecule has 1 aliphatic rings. The van der Waals surface area contributed by atoms with Crippen molar-refractivity contribution in [3.05, 3.63) is 11.4 Å². The van der Waals surface area contributed by atoms with Gasteiger partial charge in [0.15, 0.2) is 0 Å². The highest BCUT2D eigenvalue weighted by atomic mass is 15.2. The summed E-state index contributed by atoms with van der Waals surface area (Å²) in [6, 6.07) is 0. The highest BCUT2D eigenvalue weighted by Gasteiger charge is 2.23. The predicted octanol–water partition coefficient (Wildman–Crippen LogP) is 3.19. The molecule has 19 heavy (non-hydrogen) atoms. The van der Waals surface area contributed by atoms with E-state index in [0.29, 0.717) is 5.92 Å². The third kappa shape index (κ3) is 2.99. The van der Waals surface area contributed by atoms with Crippen LogP contribution in [0.15, 0.2) is 0 Å². The summed E-state index contributed by atoms with van der Waals surface area (Å²) in [6.45, 7) is 14.0. The topological polar surface area (TPSA) is 41.1 Å². The van der Waals surface area contributed by atoms with Crippen molar-refractivity contribution in [2.75, 3.05) is 29.9 Å². The molecule has 4 heteroatoms. The molecule has 1 saturated heterocycles. The van der Waals surface area contributed by atoms with Gasteiger partial charge in [-0.1, -0.05) is 20.8 Å². The van der Waals surface area contributed by atoms with Crippen molar-refractivity contribution in [3.8, 4) is 0 Å². The SMILES string of the molecule is CCNc1nc(C(C)C)nc(N2CCC(C)C2)c1C. The first-order valence-electron chi connectivity index (χ1n) is 7.40. The summed E-state index contributed by atoms with van der Waals surface area (Å²) < 4.78 is 0. The van der Waals surface area contributed by atoms with E-state index in [2.05, 4.69) is 49.8 Å². The van der Waals surface area contributed by atoms with Crippen LogP contribution in [0, 0.1) is 12.8 Å². The summed E-state index contributed by atoms with van der Waals surface area (Å²) in [7, 11) is 0. The zero-order valence-corrected chi connectivity index (χ0v) is 12.8. The third-order valence-corrected chi connectivity index (χ3v) is 3.72. The van der Waals surface area contributed by atoms with Crippen molar-refractivity contribution in [2.45, 2.75) is 47.0 Å². The first kappa shape index (κ1) is 14.1. The highest BCUT2D eigenvalue weighted by Crippen LogP contribution is 2.29. The number of hydrogen-bond donors (Lipinski definition) is 1. The molecule has 2 rings (SSSR count). The standard InChI is InChI=1S/C15H26N4/c1-6-16-14-12(5)15(18-13(17-14)10(2)3)19-8-7-11(4)9-19/h10-11H,6-9H2,1-5H3,(H,16,17,18). The number of nitrogens with one attached hydrogen (secondary N) is 1. The Morgan fingerprint density at radius 2 is 2.11 bits per heavy atom. The van der Waals surface area contributed by atoms with Gasteiger partial charge in [-0.25, -0.2) is 9.97 Å². The lowest BCUT2D eigenvalue weighted by atomic mass is 10.2. The lowest BCUT2D eigenvalue weighted by molar-refractivity contribution is 0.658. The molecule has 0 saturated carbocycles. The summed E-state index contributed by atoms with van der Waals surface area (Å²) in [6.07, 6.45) is 1.26. The van der Waals surface area contributed by atoms with E-state index in [4.69, 9.17) is 4.98 Å². The first-order chi connectivity index (χ1) is 9.02. The van der Waals surface area contributed by atoms with Crippen molar-refractivity contribution >= 4 is 11.6 Å². The summed E-state index contributed by atoms with van der Waals surface area (Å²) in [4.78, 5) is 11.9. The van der Waals surface area contributed by atoms with Gasteiger partial charge in [-0.05, 0) is 26.2 Å². The molecule has 0 radical (unpaired) electrons. The molecule has 2 heterocycles. The van der Waals surface area contributed by atoms with Gasteiger partial charge in [-0.15, -0.1) is 0 Å². The average molecular weight is 262 g/mol. The Morgan fingerprint density at radius 1 is 1.37 bits per heavy atom. The summed E-state index contributed by atoms with van der Waals surface area (Å²) in [5.41, 5.74) is 1.18. The van der Waals surface area contributed by atoms with Crippen LogP contribution in [0.4, 0.5) is 11.6 Å². The zero-order chi connectivity index (χ0) is 14.0. The van der Waals surface area contributed by atoms with Crippen molar-refractivity contribution in [2.24, 2.45) is 5.92 Å². The maximum Gasteiger partial charge on any atom is 0.137 e. The fraction of sp³-hybridized carbons (Fsp3) is 0.733. The summed E-state index contributed by atoms with van der Waals surface area (Å²) in [5.74, 6) is 4.18. The Bertz CT molecular complexity index is 442. The molecule has 1 fully saturated rings. The quantitative estimate of drug-likeness (QED) is 0.904. The lowest BCUT2D eigenvalue weighted by Gasteiger charge is -2.22. The van der Waals surface area contributed by atoms with Gasteiger partial charge in [0.2, 0.25) is 0 Å². The smallest absolute Gasteiger partial charge is 0.137 e. The van der Waals surface area contributed by atoms with Gasteiger partial charge in [0.25, 0.3) is 0 Å². The average Bonchev–Trinajstić information content (AvgIpc) is 2.78. The second-order valence-corrected chi connectivity index (χ2v) is 5.90. The van der Waals surface area contributed by atoms with Crippen LogP contribution in [-0.4, -0.2) is 29.6 Å². The van der Waals surface area contributed by atoms with E-state index in [9.17, 15) is 0 Å². The van der Waals surface area contributed by atoms with Gasteiger partial charge in [0.05, 0.1) is 0 Å². The van der Waals surface area contributed by atoms with Crippen LogP contribution in [0.5, 0.6) is 0 Å². The van der Waals surface area contributed by atoms with Gasteiger partial charge in [-0.2, -0.15) is 0 Å². The molecule has 0 aromatic carbocycles. The van der Waals surface area contributed by atoms with Crippen LogP contribution >= 0.6 is 0 Å². The van der Waals surface area contributed by atoms with E-state index >= 15 is 0 Å². The van der Waals surface area contributed by atoms with Crippen LogP contribution in [0.2, 0.25) is 0 Å².